The van der Waals surface area contributed by atoms with E-state index in [1.807, 2.05) is 18.7 Å². The number of hydrogen-bond acceptors (Lipinski definition) is 3. The third kappa shape index (κ3) is 2.63. The number of aromatic nitrogens is 2. The minimum atomic E-state index is 0.248. The minimum absolute atomic E-state index is 0.248. The van der Waals surface area contributed by atoms with Crippen LogP contribution in [0.5, 0.6) is 0 Å². The van der Waals surface area contributed by atoms with Gasteiger partial charge in [-0.25, -0.2) is 0 Å². The van der Waals surface area contributed by atoms with Crippen molar-refractivity contribution in [1.82, 2.24) is 19.6 Å². The molecule has 0 radical (unpaired) electrons. The number of aryl methyl sites for hydroxylation is 2. The molecule has 0 saturated carbocycles. The van der Waals surface area contributed by atoms with Crippen molar-refractivity contribution in [1.29, 1.82) is 0 Å². The zero-order chi connectivity index (χ0) is 13.5. The molecule has 2 heterocycles. The van der Waals surface area contributed by atoms with Gasteiger partial charge in [-0.1, -0.05) is 0 Å². The minimum Gasteiger partial charge on any atom is -0.299 e. The summed E-state index contributed by atoms with van der Waals surface area (Å²) in [6.45, 7) is 11.0. The van der Waals surface area contributed by atoms with Crippen LogP contribution in [0.15, 0.2) is 4.47 Å². The Kier molecular flexibility index (Phi) is 3.85. The smallest absolute Gasteiger partial charge is 0.0739 e. The summed E-state index contributed by atoms with van der Waals surface area (Å²) in [4.78, 5) is 4.95. The third-order valence-electron chi connectivity index (χ3n) is 4.03. The van der Waals surface area contributed by atoms with Crippen LogP contribution in [0.4, 0.5) is 0 Å². The van der Waals surface area contributed by atoms with Crippen molar-refractivity contribution in [2.75, 3.05) is 26.7 Å². The Balaban J connectivity index is 2.11. The van der Waals surface area contributed by atoms with E-state index in [1.54, 1.807) is 0 Å². The highest BCUT2D eigenvalue weighted by molar-refractivity contribution is 9.10. The van der Waals surface area contributed by atoms with E-state index in [-0.39, 0.29) is 5.54 Å². The number of hydrogen-bond donors (Lipinski definition) is 0. The lowest BCUT2D eigenvalue weighted by molar-refractivity contribution is 0.0347. The summed E-state index contributed by atoms with van der Waals surface area (Å²) in [6.07, 6.45) is 0. The van der Waals surface area contributed by atoms with Gasteiger partial charge in [0.15, 0.2) is 0 Å². The van der Waals surface area contributed by atoms with Crippen LogP contribution in [0.25, 0.3) is 0 Å². The van der Waals surface area contributed by atoms with E-state index >= 15 is 0 Å². The van der Waals surface area contributed by atoms with Crippen molar-refractivity contribution in [2.24, 2.45) is 7.05 Å². The molecule has 0 N–H and O–H groups in total. The number of rotatable bonds is 2. The summed E-state index contributed by atoms with van der Waals surface area (Å²) < 4.78 is 3.15. The van der Waals surface area contributed by atoms with Gasteiger partial charge in [-0.05, 0) is 43.7 Å². The van der Waals surface area contributed by atoms with Crippen LogP contribution in [0.1, 0.15) is 25.2 Å². The summed E-state index contributed by atoms with van der Waals surface area (Å²) in [6, 6.07) is 0. The summed E-state index contributed by atoms with van der Waals surface area (Å²) in [5.74, 6) is 0. The molecule has 1 fully saturated rings. The van der Waals surface area contributed by atoms with E-state index in [4.69, 9.17) is 0 Å². The first-order chi connectivity index (χ1) is 8.31. The first-order valence-corrected chi connectivity index (χ1v) is 7.22. The SMILES string of the molecule is Cc1nn(C)c(CN2CCN(C)C(C)(C)C2)c1Br. The molecule has 102 valence electrons. The first-order valence-electron chi connectivity index (χ1n) is 6.43. The van der Waals surface area contributed by atoms with Crippen molar-refractivity contribution in [3.63, 3.8) is 0 Å². The topological polar surface area (TPSA) is 24.3 Å². The highest BCUT2D eigenvalue weighted by atomic mass is 79.9. The summed E-state index contributed by atoms with van der Waals surface area (Å²) in [5, 5.41) is 4.46. The van der Waals surface area contributed by atoms with E-state index < -0.39 is 0 Å². The van der Waals surface area contributed by atoms with Crippen molar-refractivity contribution in [3.8, 4) is 0 Å². The van der Waals surface area contributed by atoms with Gasteiger partial charge in [-0.15, -0.1) is 0 Å². The van der Waals surface area contributed by atoms with E-state index in [0.29, 0.717) is 0 Å². The van der Waals surface area contributed by atoms with Gasteiger partial charge in [-0.3, -0.25) is 14.5 Å². The molecule has 2 rings (SSSR count). The van der Waals surface area contributed by atoms with E-state index in [2.05, 4.69) is 51.7 Å². The van der Waals surface area contributed by atoms with Crippen LogP contribution >= 0.6 is 15.9 Å². The quantitative estimate of drug-likeness (QED) is 0.834. The Hall–Kier alpha value is -0.390. The highest BCUT2D eigenvalue weighted by Crippen LogP contribution is 2.25. The summed E-state index contributed by atoms with van der Waals surface area (Å²) in [7, 11) is 4.23. The maximum Gasteiger partial charge on any atom is 0.0739 e. The second-order valence-electron chi connectivity index (χ2n) is 5.91. The van der Waals surface area contributed by atoms with Crippen molar-refractivity contribution in [2.45, 2.75) is 32.9 Å². The van der Waals surface area contributed by atoms with Crippen molar-refractivity contribution < 1.29 is 0 Å². The molecule has 0 aliphatic carbocycles. The molecular weight excluding hydrogens is 292 g/mol. The summed E-state index contributed by atoms with van der Waals surface area (Å²) >= 11 is 3.65. The third-order valence-corrected chi connectivity index (χ3v) is 5.06. The van der Waals surface area contributed by atoms with Crippen LogP contribution < -0.4 is 0 Å². The predicted molar refractivity (Wildman–Crippen MR) is 77.6 cm³/mol. The average Bonchev–Trinajstić information content (AvgIpc) is 2.50. The normalized spacial score (nSPS) is 21.4. The highest BCUT2D eigenvalue weighted by Gasteiger charge is 2.31. The van der Waals surface area contributed by atoms with E-state index in [1.165, 1.54) is 5.69 Å². The number of nitrogens with zero attached hydrogens (tertiary/aromatic N) is 4. The second-order valence-corrected chi connectivity index (χ2v) is 6.71. The summed E-state index contributed by atoms with van der Waals surface area (Å²) in [5.41, 5.74) is 2.59. The molecule has 0 unspecified atom stereocenters. The number of halogens is 1. The number of piperazine rings is 1. The fourth-order valence-corrected chi connectivity index (χ4v) is 3.00. The van der Waals surface area contributed by atoms with Crippen LogP contribution in [0.2, 0.25) is 0 Å². The molecule has 1 aromatic heterocycles. The molecule has 1 saturated heterocycles. The molecule has 0 spiro atoms. The molecular formula is C13H23BrN4. The first kappa shape index (κ1) is 14.0. The van der Waals surface area contributed by atoms with Crippen LogP contribution in [-0.4, -0.2) is 51.8 Å². The number of likely N-dealkylation sites (N-methyl/N-ethyl adjacent to an activating group) is 1. The lowest BCUT2D eigenvalue weighted by Gasteiger charge is -2.45. The molecule has 0 bridgehead atoms. The second kappa shape index (κ2) is 4.94. The standard InChI is InChI=1S/C13H23BrN4/c1-10-12(14)11(17(5)15-10)8-18-7-6-16(4)13(2,3)9-18/h6-9H2,1-5H3. The Morgan fingerprint density at radius 1 is 1.28 bits per heavy atom. The Bertz CT molecular complexity index is 438. The molecule has 4 nitrogen and oxygen atoms in total. The average molecular weight is 315 g/mol. The fourth-order valence-electron chi connectivity index (χ4n) is 2.54. The molecule has 0 aromatic carbocycles. The molecule has 0 atom stereocenters. The Morgan fingerprint density at radius 2 is 1.94 bits per heavy atom. The molecule has 1 aliphatic rings. The monoisotopic (exact) mass is 314 g/mol. The lowest BCUT2D eigenvalue weighted by Crippen LogP contribution is -2.57. The van der Waals surface area contributed by atoms with Crippen molar-refractivity contribution >= 4 is 15.9 Å². The molecule has 5 heteroatoms. The van der Waals surface area contributed by atoms with Crippen molar-refractivity contribution in [3.05, 3.63) is 15.9 Å². The van der Waals surface area contributed by atoms with Gasteiger partial charge in [0, 0.05) is 38.8 Å². The molecule has 0 amide bonds. The molecule has 18 heavy (non-hydrogen) atoms. The van der Waals surface area contributed by atoms with Gasteiger partial charge in [0.2, 0.25) is 0 Å². The lowest BCUT2D eigenvalue weighted by atomic mass is 10.00. The predicted octanol–water partition coefficient (Wildman–Crippen LogP) is 2.02. The van der Waals surface area contributed by atoms with E-state index in [9.17, 15) is 0 Å². The van der Waals surface area contributed by atoms with Gasteiger partial charge < -0.3 is 0 Å². The maximum atomic E-state index is 4.46. The van der Waals surface area contributed by atoms with Crippen LogP contribution in [0, 0.1) is 6.92 Å². The molecule has 1 aromatic rings. The van der Waals surface area contributed by atoms with Gasteiger partial charge in [-0.2, -0.15) is 5.10 Å². The van der Waals surface area contributed by atoms with Gasteiger partial charge in [0.1, 0.15) is 0 Å². The van der Waals surface area contributed by atoms with E-state index in [0.717, 1.165) is 36.3 Å². The maximum absolute atomic E-state index is 4.46. The largest absolute Gasteiger partial charge is 0.299 e. The van der Waals surface area contributed by atoms with Crippen LogP contribution in [0.3, 0.4) is 0 Å². The Labute approximate surface area is 118 Å². The zero-order valence-corrected chi connectivity index (χ0v) is 13.6. The fraction of sp³-hybridized carbons (Fsp3) is 0.769. The van der Waals surface area contributed by atoms with Crippen LogP contribution in [-0.2, 0) is 13.6 Å². The zero-order valence-electron chi connectivity index (χ0n) is 12.0. The Morgan fingerprint density at radius 3 is 2.44 bits per heavy atom. The van der Waals surface area contributed by atoms with Gasteiger partial charge >= 0.3 is 0 Å². The molecule has 1 aliphatic heterocycles. The van der Waals surface area contributed by atoms with Gasteiger partial charge in [0.25, 0.3) is 0 Å². The van der Waals surface area contributed by atoms with Gasteiger partial charge in [0.05, 0.1) is 15.9 Å².